The molecule has 4 nitrogen and oxygen atoms in total. The van der Waals surface area contributed by atoms with Crippen molar-refractivity contribution in [2.45, 2.75) is 10.8 Å². The topological polar surface area (TPSA) is 32.8 Å². The fourth-order valence-corrected chi connectivity index (χ4v) is 19.2. The van der Waals surface area contributed by atoms with Gasteiger partial charge in [-0.05, 0) is 238 Å². The molecule has 0 saturated heterocycles. The van der Waals surface area contributed by atoms with Gasteiger partial charge < -0.3 is 18.6 Å². The molecule has 0 atom stereocenters. The summed E-state index contributed by atoms with van der Waals surface area (Å²) in [5, 5.41) is 4.44. The van der Waals surface area contributed by atoms with Gasteiger partial charge in [-0.3, -0.25) is 0 Å². The molecular formula is C116H78N2O2. The van der Waals surface area contributed by atoms with Crippen LogP contribution in [0.4, 0.5) is 34.1 Å². The molecule has 0 unspecified atom stereocenters. The van der Waals surface area contributed by atoms with E-state index in [1.807, 2.05) is 0 Å². The standard InChI is InChI=1S/C61H41NO.C55H37NO/c1-4-16-42(17-5-1)44-30-34-51(35-31-44)62(50-23-8-3-9-24-50)52-25-15-21-46(39-52)47-32-36-55-56-37-33-49(41-60(56)63-59(55)40-47)61(48-22-14-20-45(38-48)43-18-6-2-7-19-43)57-28-12-10-26-53(57)54-27-11-13-29-58(54)61;1-4-15-38(16-5-1)39-27-31-45(32-28-39)56(44-20-8-3-9-21-44)46-22-14-17-40(35-46)41-29-33-49-50-34-30-43(37-54(50)57-53(49)36-41)55(42-18-6-2-7-19-42)51-25-12-10-23-47(51)48-24-11-13-26-52(48)55/h1-41H;1-37H. The van der Waals surface area contributed by atoms with Crippen LogP contribution in [0.15, 0.2) is 482 Å². The first-order chi connectivity index (χ1) is 59.5. The zero-order chi connectivity index (χ0) is 79.5. The molecule has 21 aromatic rings. The third-order valence-corrected chi connectivity index (χ3v) is 24.7. The summed E-state index contributed by atoms with van der Waals surface area (Å²) in [6, 6.07) is 171. The maximum absolute atomic E-state index is 6.92. The van der Waals surface area contributed by atoms with Gasteiger partial charge in [0.2, 0.25) is 0 Å². The van der Waals surface area contributed by atoms with Gasteiger partial charge in [-0.1, -0.05) is 358 Å². The molecule has 0 fully saturated rings. The molecule has 2 aliphatic rings. The maximum Gasteiger partial charge on any atom is 0.136 e. The first kappa shape index (κ1) is 71.0. The lowest BCUT2D eigenvalue weighted by Gasteiger charge is -2.34. The average molecular weight is 1530 g/mol. The van der Waals surface area contributed by atoms with E-state index in [0.29, 0.717) is 0 Å². The second-order valence-corrected chi connectivity index (χ2v) is 31.3. The summed E-state index contributed by atoms with van der Waals surface area (Å²) >= 11 is 0. The largest absolute Gasteiger partial charge is 0.456 e. The van der Waals surface area contributed by atoms with Crippen molar-refractivity contribution in [1.29, 1.82) is 0 Å². The molecule has 0 amide bonds. The summed E-state index contributed by atoms with van der Waals surface area (Å²) in [6.45, 7) is 0. The van der Waals surface area contributed by atoms with E-state index in [1.54, 1.807) is 0 Å². The van der Waals surface area contributed by atoms with Crippen LogP contribution in [0.5, 0.6) is 0 Å². The van der Waals surface area contributed by atoms with Crippen LogP contribution in [0.2, 0.25) is 0 Å². The lowest BCUT2D eigenvalue weighted by molar-refractivity contribution is 0.665. The first-order valence-electron chi connectivity index (χ1n) is 41.2. The molecule has 2 aliphatic carbocycles. The van der Waals surface area contributed by atoms with Crippen molar-refractivity contribution in [3.05, 3.63) is 518 Å². The van der Waals surface area contributed by atoms with Crippen LogP contribution in [-0.4, -0.2) is 0 Å². The Balaban J connectivity index is 0.000000145. The Morgan fingerprint density at radius 1 is 0.150 bits per heavy atom. The van der Waals surface area contributed by atoms with Gasteiger partial charge in [-0.25, -0.2) is 0 Å². The van der Waals surface area contributed by atoms with E-state index in [0.717, 1.165) is 100 Å². The fraction of sp³-hybridized carbons (Fsp3) is 0.0172. The van der Waals surface area contributed by atoms with Crippen LogP contribution >= 0.6 is 0 Å². The molecule has 0 bridgehead atoms. The van der Waals surface area contributed by atoms with Crippen LogP contribution in [0.3, 0.4) is 0 Å². The highest BCUT2D eigenvalue weighted by Crippen LogP contribution is 2.59. The lowest BCUT2D eigenvalue weighted by atomic mass is 9.67. The van der Waals surface area contributed by atoms with Gasteiger partial charge in [-0.15, -0.1) is 0 Å². The van der Waals surface area contributed by atoms with Gasteiger partial charge in [0.05, 0.1) is 10.8 Å². The Kier molecular flexibility index (Phi) is 17.7. The van der Waals surface area contributed by atoms with Crippen molar-refractivity contribution in [2.75, 3.05) is 9.80 Å². The van der Waals surface area contributed by atoms with E-state index in [2.05, 4.69) is 483 Å². The zero-order valence-electron chi connectivity index (χ0n) is 65.7. The van der Waals surface area contributed by atoms with Crippen LogP contribution in [0, 0.1) is 0 Å². The molecule has 2 aromatic heterocycles. The van der Waals surface area contributed by atoms with Gasteiger partial charge in [0.15, 0.2) is 0 Å². The molecule has 0 aliphatic heterocycles. The summed E-state index contributed by atoms with van der Waals surface area (Å²) in [5.41, 5.74) is 35.8. The van der Waals surface area contributed by atoms with Crippen LogP contribution in [-0.2, 0) is 10.8 Å². The summed E-state index contributed by atoms with van der Waals surface area (Å²) in [7, 11) is 0. The molecule has 2 heterocycles. The predicted molar refractivity (Wildman–Crippen MR) is 499 cm³/mol. The van der Waals surface area contributed by atoms with Gasteiger partial charge in [0, 0.05) is 55.7 Å². The molecule has 4 heteroatoms. The molecule has 23 rings (SSSR count). The smallest absolute Gasteiger partial charge is 0.136 e. The third-order valence-electron chi connectivity index (χ3n) is 24.7. The Bertz CT molecular complexity index is 7290. The highest BCUT2D eigenvalue weighted by molar-refractivity contribution is 6.08. The maximum atomic E-state index is 6.92. The highest BCUT2D eigenvalue weighted by Gasteiger charge is 2.48. The van der Waals surface area contributed by atoms with Crippen molar-refractivity contribution in [3.63, 3.8) is 0 Å². The monoisotopic (exact) mass is 1530 g/mol. The molecule has 0 radical (unpaired) electrons. The molecule has 0 N–H and O–H groups in total. The molecule has 120 heavy (non-hydrogen) atoms. The van der Waals surface area contributed by atoms with Gasteiger partial charge in [-0.2, -0.15) is 0 Å². The molecule has 0 spiro atoms. The highest BCUT2D eigenvalue weighted by atomic mass is 16.3. The predicted octanol–water partition coefficient (Wildman–Crippen LogP) is 31.2. The Morgan fingerprint density at radius 3 is 0.783 bits per heavy atom. The number of fused-ring (bicyclic) bond motifs is 12. The van der Waals surface area contributed by atoms with Crippen molar-refractivity contribution < 1.29 is 8.83 Å². The molecule has 0 saturated carbocycles. The normalized spacial score (nSPS) is 12.6. The van der Waals surface area contributed by atoms with E-state index >= 15 is 0 Å². The van der Waals surface area contributed by atoms with Gasteiger partial charge in [0.25, 0.3) is 0 Å². The van der Waals surface area contributed by atoms with E-state index < -0.39 is 10.8 Å². The fourth-order valence-electron chi connectivity index (χ4n) is 19.2. The van der Waals surface area contributed by atoms with E-state index in [1.165, 1.54) is 100 Å². The molecule has 564 valence electrons. The number of benzene rings is 19. The number of hydrogen-bond acceptors (Lipinski definition) is 4. The second kappa shape index (κ2) is 29.9. The van der Waals surface area contributed by atoms with E-state index in [4.69, 9.17) is 8.83 Å². The van der Waals surface area contributed by atoms with Crippen molar-refractivity contribution in [2.24, 2.45) is 0 Å². The summed E-state index contributed by atoms with van der Waals surface area (Å²) in [5.74, 6) is 0. The van der Waals surface area contributed by atoms with Gasteiger partial charge in [0.1, 0.15) is 22.3 Å². The zero-order valence-corrected chi connectivity index (χ0v) is 65.7. The van der Waals surface area contributed by atoms with Gasteiger partial charge >= 0.3 is 0 Å². The minimum Gasteiger partial charge on any atom is -0.456 e. The molecule has 19 aromatic carbocycles. The third kappa shape index (κ3) is 12.1. The summed E-state index contributed by atoms with van der Waals surface area (Å²) in [6.07, 6.45) is 0. The Hall–Kier alpha value is -15.6. The second-order valence-electron chi connectivity index (χ2n) is 31.3. The average Bonchev–Trinajstić information content (AvgIpc) is 1.52. The van der Waals surface area contributed by atoms with Crippen LogP contribution < -0.4 is 9.80 Å². The van der Waals surface area contributed by atoms with E-state index in [9.17, 15) is 0 Å². The molecular weight excluding hydrogens is 1450 g/mol. The Labute approximate surface area is 698 Å². The first-order valence-corrected chi connectivity index (χ1v) is 41.2. The minimum absolute atomic E-state index is 0.473. The quantitative estimate of drug-likeness (QED) is 0.102. The number of furan rings is 2. The number of anilines is 6. The van der Waals surface area contributed by atoms with E-state index in [-0.39, 0.29) is 0 Å². The van der Waals surface area contributed by atoms with Crippen molar-refractivity contribution >= 4 is 78.0 Å². The van der Waals surface area contributed by atoms with Crippen molar-refractivity contribution in [1.82, 2.24) is 0 Å². The number of para-hydroxylation sites is 2. The van der Waals surface area contributed by atoms with Crippen LogP contribution in [0.25, 0.3) is 122 Å². The number of hydrogen-bond donors (Lipinski definition) is 0. The van der Waals surface area contributed by atoms with Crippen molar-refractivity contribution in [3.8, 4) is 77.9 Å². The van der Waals surface area contributed by atoms with Crippen LogP contribution in [0.1, 0.15) is 44.5 Å². The summed E-state index contributed by atoms with van der Waals surface area (Å²) in [4.78, 5) is 4.64. The summed E-state index contributed by atoms with van der Waals surface area (Å²) < 4.78 is 13.7. The number of nitrogens with zero attached hydrogens (tertiary/aromatic N) is 2. The lowest BCUT2D eigenvalue weighted by Crippen LogP contribution is -2.28. The SMILES string of the molecule is c1ccc(-c2ccc(N(c3ccccc3)c3cccc(-c4ccc5c(c4)oc4cc(C6(c7cccc(-c8ccccc8)c7)c7ccccc7-c7ccccc76)ccc45)c3)cc2)cc1.c1ccc(-c2ccc(N(c3ccccc3)c3cccc(-c4ccc5c(c4)oc4cc(C6(c7ccccc7)c7ccccc7-c7ccccc76)ccc45)c3)cc2)cc1. The minimum atomic E-state index is -0.552. The number of rotatable bonds is 15. The Morgan fingerprint density at radius 2 is 0.392 bits per heavy atom.